The monoisotopic (exact) mass is 446 g/mol. The van der Waals surface area contributed by atoms with Crippen molar-refractivity contribution in [1.82, 2.24) is 9.80 Å². The van der Waals surface area contributed by atoms with Crippen molar-refractivity contribution in [3.05, 3.63) is 64.6 Å². The lowest BCUT2D eigenvalue weighted by atomic mass is 10.0. The highest BCUT2D eigenvalue weighted by Gasteiger charge is 2.32. The first kappa shape index (κ1) is 23.4. The van der Waals surface area contributed by atoms with Gasteiger partial charge in [0.25, 0.3) is 0 Å². The normalized spacial score (nSPS) is 16.8. The third kappa shape index (κ3) is 6.38. The summed E-state index contributed by atoms with van der Waals surface area (Å²) in [5, 5.41) is 12.3. The van der Waals surface area contributed by atoms with E-state index in [-0.39, 0.29) is 30.9 Å². The molecule has 2 atom stereocenters. The summed E-state index contributed by atoms with van der Waals surface area (Å²) < 4.78 is 19.4. The van der Waals surface area contributed by atoms with Gasteiger partial charge in [0, 0.05) is 24.0 Å². The van der Waals surface area contributed by atoms with Gasteiger partial charge < -0.3 is 14.7 Å². The van der Waals surface area contributed by atoms with Crippen molar-refractivity contribution in [2.45, 2.75) is 38.3 Å². The number of benzene rings is 1. The van der Waals surface area contributed by atoms with Crippen molar-refractivity contribution >= 4 is 17.2 Å². The molecule has 0 bridgehead atoms. The van der Waals surface area contributed by atoms with Gasteiger partial charge in [0.05, 0.1) is 18.7 Å². The van der Waals surface area contributed by atoms with Gasteiger partial charge in [-0.3, -0.25) is 9.69 Å². The molecule has 7 heteroatoms. The first-order valence-corrected chi connectivity index (χ1v) is 11.6. The van der Waals surface area contributed by atoms with Crippen LogP contribution in [0.5, 0.6) is 5.75 Å². The molecule has 1 aliphatic rings. The maximum atomic E-state index is 13.5. The van der Waals surface area contributed by atoms with Crippen molar-refractivity contribution in [2.24, 2.45) is 0 Å². The number of allylic oxidation sites excluding steroid dienone is 1. The van der Waals surface area contributed by atoms with Crippen LogP contribution >= 0.6 is 11.3 Å². The summed E-state index contributed by atoms with van der Waals surface area (Å²) in [5.41, 5.74) is 1.11. The van der Waals surface area contributed by atoms with Crippen LogP contribution in [-0.4, -0.2) is 59.7 Å². The zero-order valence-corrected chi connectivity index (χ0v) is 18.8. The number of hydrogen-bond acceptors (Lipinski definition) is 5. The lowest BCUT2D eigenvalue weighted by molar-refractivity contribution is -0.136. The van der Waals surface area contributed by atoms with Crippen LogP contribution in [0.25, 0.3) is 0 Å². The number of thiophene rings is 1. The van der Waals surface area contributed by atoms with E-state index in [0.29, 0.717) is 31.8 Å². The summed E-state index contributed by atoms with van der Waals surface area (Å²) in [5.74, 6) is 0.122. The van der Waals surface area contributed by atoms with E-state index in [1.807, 2.05) is 22.1 Å². The highest BCUT2D eigenvalue weighted by molar-refractivity contribution is 7.10. The van der Waals surface area contributed by atoms with Crippen molar-refractivity contribution in [1.29, 1.82) is 0 Å². The topological polar surface area (TPSA) is 53.0 Å². The zero-order valence-electron chi connectivity index (χ0n) is 18.0. The van der Waals surface area contributed by atoms with Crippen LogP contribution in [0.1, 0.15) is 36.2 Å². The number of rotatable bonds is 11. The van der Waals surface area contributed by atoms with Crippen LogP contribution in [0, 0.1) is 5.82 Å². The Morgan fingerprint density at radius 1 is 1.48 bits per heavy atom. The number of likely N-dealkylation sites (N-methyl/N-ethyl adjacent to an activating group) is 1. The van der Waals surface area contributed by atoms with E-state index in [0.717, 1.165) is 18.4 Å². The Morgan fingerprint density at radius 2 is 2.32 bits per heavy atom. The van der Waals surface area contributed by atoms with E-state index in [4.69, 9.17) is 4.74 Å². The molecule has 168 valence electrons. The van der Waals surface area contributed by atoms with Gasteiger partial charge in [0.15, 0.2) is 0 Å². The van der Waals surface area contributed by atoms with Crippen molar-refractivity contribution in [2.75, 3.05) is 32.8 Å². The van der Waals surface area contributed by atoms with Crippen molar-refractivity contribution < 1.29 is 19.0 Å². The SMILES string of the molecule is C=CCCC(O)CN(CC)CC(=O)N1CCc2sccc2C1COc1cccc(F)c1. The van der Waals surface area contributed by atoms with Crippen LogP contribution in [0.4, 0.5) is 4.39 Å². The van der Waals surface area contributed by atoms with Gasteiger partial charge in [-0.1, -0.05) is 19.1 Å². The molecule has 1 aromatic carbocycles. The van der Waals surface area contributed by atoms with E-state index in [1.54, 1.807) is 29.5 Å². The predicted octanol–water partition coefficient (Wildman–Crippen LogP) is 4.04. The fourth-order valence-corrected chi connectivity index (χ4v) is 4.82. The molecule has 0 spiro atoms. The molecular formula is C24H31FN2O3S. The van der Waals surface area contributed by atoms with E-state index >= 15 is 0 Å². The van der Waals surface area contributed by atoms with Crippen LogP contribution < -0.4 is 4.74 Å². The van der Waals surface area contributed by atoms with Gasteiger partial charge in [-0.15, -0.1) is 17.9 Å². The second-order valence-corrected chi connectivity index (χ2v) is 8.77. The van der Waals surface area contributed by atoms with Gasteiger partial charge in [-0.2, -0.15) is 0 Å². The summed E-state index contributed by atoms with van der Waals surface area (Å²) in [7, 11) is 0. The largest absolute Gasteiger partial charge is 0.491 e. The minimum atomic E-state index is -0.484. The molecule has 2 unspecified atom stereocenters. The number of halogens is 1. The van der Waals surface area contributed by atoms with E-state index in [2.05, 4.69) is 12.6 Å². The number of aliphatic hydroxyl groups is 1. The molecular weight excluding hydrogens is 415 g/mol. The second-order valence-electron chi connectivity index (χ2n) is 7.77. The molecule has 1 amide bonds. The highest BCUT2D eigenvalue weighted by atomic mass is 32.1. The Hall–Kier alpha value is -2.22. The molecule has 0 aliphatic carbocycles. The standard InChI is InChI=1S/C24H31FN2O3S/c1-3-5-8-19(28)15-26(4-2)16-24(29)27-12-10-23-21(11-13-31-23)22(27)17-30-20-9-6-7-18(25)14-20/h3,6-7,9,11,13-14,19,22,28H,1,4-5,8,10,12,15-17H2,2H3. The number of amides is 1. The average Bonchev–Trinajstić information content (AvgIpc) is 3.24. The van der Waals surface area contributed by atoms with Crippen LogP contribution in [0.15, 0.2) is 48.4 Å². The van der Waals surface area contributed by atoms with Crippen LogP contribution in [-0.2, 0) is 11.2 Å². The Morgan fingerprint density at radius 3 is 3.06 bits per heavy atom. The fraction of sp³-hybridized carbons (Fsp3) is 0.458. The third-order valence-electron chi connectivity index (χ3n) is 5.60. The molecule has 2 heterocycles. The van der Waals surface area contributed by atoms with Crippen molar-refractivity contribution in [3.8, 4) is 5.75 Å². The summed E-state index contributed by atoms with van der Waals surface area (Å²) in [4.78, 5) is 18.4. The number of fused-ring (bicyclic) bond motifs is 1. The number of carbonyl (C=O) groups excluding carboxylic acids is 1. The van der Waals surface area contributed by atoms with Crippen LogP contribution in [0.3, 0.4) is 0 Å². The van der Waals surface area contributed by atoms with E-state index in [9.17, 15) is 14.3 Å². The van der Waals surface area contributed by atoms with E-state index < -0.39 is 6.10 Å². The van der Waals surface area contributed by atoms with Crippen molar-refractivity contribution in [3.63, 3.8) is 0 Å². The minimum absolute atomic E-state index is 0.0162. The summed E-state index contributed by atoms with van der Waals surface area (Å²) in [6, 6.07) is 7.90. The maximum absolute atomic E-state index is 13.5. The Balaban J connectivity index is 1.68. The van der Waals surface area contributed by atoms with Gasteiger partial charge in [0.1, 0.15) is 18.2 Å². The number of hydrogen-bond donors (Lipinski definition) is 1. The quantitative estimate of drug-likeness (QED) is 0.530. The molecule has 0 saturated heterocycles. The predicted molar refractivity (Wildman–Crippen MR) is 122 cm³/mol. The molecule has 0 radical (unpaired) electrons. The Labute approximate surface area is 187 Å². The van der Waals surface area contributed by atoms with Gasteiger partial charge >= 0.3 is 0 Å². The molecule has 1 aliphatic heterocycles. The molecule has 31 heavy (non-hydrogen) atoms. The molecule has 3 rings (SSSR count). The first-order valence-electron chi connectivity index (χ1n) is 10.8. The molecule has 5 nitrogen and oxygen atoms in total. The second kappa shape index (κ2) is 11.4. The Kier molecular flexibility index (Phi) is 8.63. The maximum Gasteiger partial charge on any atom is 0.237 e. The third-order valence-corrected chi connectivity index (χ3v) is 6.59. The summed E-state index contributed by atoms with van der Waals surface area (Å²) in [6.07, 6.45) is 3.52. The number of carbonyl (C=O) groups is 1. The van der Waals surface area contributed by atoms with Gasteiger partial charge in [-0.25, -0.2) is 4.39 Å². The molecule has 2 aromatic rings. The summed E-state index contributed by atoms with van der Waals surface area (Å²) >= 11 is 1.70. The number of ether oxygens (including phenoxy) is 1. The van der Waals surface area contributed by atoms with E-state index in [1.165, 1.54) is 17.0 Å². The van der Waals surface area contributed by atoms with Gasteiger partial charge in [-0.05, 0) is 54.9 Å². The lowest BCUT2D eigenvalue weighted by Gasteiger charge is -2.37. The minimum Gasteiger partial charge on any atom is -0.491 e. The van der Waals surface area contributed by atoms with Gasteiger partial charge in [0.2, 0.25) is 5.91 Å². The molecule has 0 saturated carbocycles. The lowest BCUT2D eigenvalue weighted by Crippen LogP contribution is -2.47. The Bertz CT molecular complexity index is 872. The molecule has 1 aromatic heterocycles. The number of aliphatic hydroxyl groups excluding tert-OH is 1. The molecule has 1 N–H and O–H groups in total. The number of nitrogens with zero attached hydrogens (tertiary/aromatic N) is 2. The summed E-state index contributed by atoms with van der Waals surface area (Å²) in [6.45, 7) is 7.96. The fourth-order valence-electron chi connectivity index (χ4n) is 3.89. The zero-order chi connectivity index (χ0) is 22.2. The van der Waals surface area contributed by atoms with Crippen LogP contribution in [0.2, 0.25) is 0 Å². The highest BCUT2D eigenvalue weighted by Crippen LogP contribution is 2.34. The smallest absolute Gasteiger partial charge is 0.237 e. The average molecular weight is 447 g/mol. The first-order chi connectivity index (χ1) is 15.0. The molecule has 0 fully saturated rings.